The Bertz CT molecular complexity index is 366. The molecular formula is C17H28O6. The maximum Gasteiger partial charge on any atom is 0.509 e. The standard InChI is InChI=1S/C17H28O6/c1-2-3-4-5-6-7-8-9-10-11-12-13-14-15(22-16(18)19)23-17(20)21/h15H,2-12H2,1H3,(H,18,19)(H,20,21). The summed E-state index contributed by atoms with van der Waals surface area (Å²) in [4.78, 5) is 20.7. The Morgan fingerprint density at radius 2 is 1.26 bits per heavy atom. The van der Waals surface area contributed by atoms with E-state index in [4.69, 9.17) is 10.2 Å². The van der Waals surface area contributed by atoms with Gasteiger partial charge in [-0.2, -0.15) is 0 Å². The first kappa shape index (κ1) is 21.1. The molecule has 6 heteroatoms. The number of carboxylic acid groups (broad SMARTS) is 2. The molecule has 0 aliphatic carbocycles. The number of hydrogen-bond donors (Lipinski definition) is 2. The van der Waals surface area contributed by atoms with Gasteiger partial charge >= 0.3 is 18.6 Å². The Labute approximate surface area is 138 Å². The first-order valence-electron chi connectivity index (χ1n) is 8.33. The molecule has 132 valence electrons. The van der Waals surface area contributed by atoms with E-state index < -0.39 is 18.6 Å². The largest absolute Gasteiger partial charge is 0.509 e. The third-order valence-corrected chi connectivity index (χ3v) is 3.29. The third-order valence-electron chi connectivity index (χ3n) is 3.29. The van der Waals surface area contributed by atoms with Gasteiger partial charge in [0.2, 0.25) is 0 Å². The van der Waals surface area contributed by atoms with Crippen LogP contribution in [0.4, 0.5) is 9.59 Å². The topological polar surface area (TPSA) is 93.1 Å². The number of unbranched alkanes of at least 4 members (excludes halogenated alkanes) is 10. The summed E-state index contributed by atoms with van der Waals surface area (Å²) in [6.07, 6.45) is 7.95. The summed E-state index contributed by atoms with van der Waals surface area (Å²) in [5, 5.41) is 16.9. The van der Waals surface area contributed by atoms with Crippen LogP contribution in [-0.2, 0) is 9.47 Å². The van der Waals surface area contributed by atoms with Crippen molar-refractivity contribution in [3.05, 3.63) is 0 Å². The normalized spacial score (nSPS) is 10.0. The van der Waals surface area contributed by atoms with E-state index in [0.29, 0.717) is 6.42 Å². The first-order valence-corrected chi connectivity index (χ1v) is 8.33. The average Bonchev–Trinajstić information content (AvgIpc) is 2.47. The second kappa shape index (κ2) is 15.0. The lowest BCUT2D eigenvalue weighted by atomic mass is 10.1. The van der Waals surface area contributed by atoms with E-state index in [2.05, 4.69) is 28.2 Å². The molecule has 0 rings (SSSR count). The molecule has 0 aromatic heterocycles. The van der Waals surface area contributed by atoms with Crippen molar-refractivity contribution in [3.8, 4) is 11.8 Å². The average molecular weight is 328 g/mol. The van der Waals surface area contributed by atoms with Gasteiger partial charge in [0.25, 0.3) is 0 Å². The van der Waals surface area contributed by atoms with Crippen molar-refractivity contribution in [2.45, 2.75) is 83.8 Å². The molecule has 0 bridgehead atoms. The van der Waals surface area contributed by atoms with Gasteiger partial charge in [0, 0.05) is 6.42 Å². The lowest BCUT2D eigenvalue weighted by Gasteiger charge is -2.07. The van der Waals surface area contributed by atoms with Crippen molar-refractivity contribution >= 4 is 12.3 Å². The van der Waals surface area contributed by atoms with Crippen LogP contribution in [0.5, 0.6) is 0 Å². The van der Waals surface area contributed by atoms with Crippen molar-refractivity contribution < 1.29 is 29.3 Å². The van der Waals surface area contributed by atoms with Gasteiger partial charge in [-0.15, -0.1) is 0 Å². The minimum Gasteiger partial charge on any atom is -0.450 e. The molecule has 0 saturated heterocycles. The SMILES string of the molecule is CCCCCCCCCCCCC#CC(OC(=O)O)OC(=O)O. The minimum absolute atomic E-state index is 0.568. The Hall–Kier alpha value is -1.90. The molecule has 0 spiro atoms. The molecule has 0 unspecified atom stereocenters. The van der Waals surface area contributed by atoms with Gasteiger partial charge in [0.05, 0.1) is 0 Å². The molecule has 0 aliphatic heterocycles. The quantitative estimate of drug-likeness (QED) is 0.226. The van der Waals surface area contributed by atoms with Gasteiger partial charge in [0.15, 0.2) is 0 Å². The molecule has 0 atom stereocenters. The Kier molecular flexibility index (Phi) is 13.8. The van der Waals surface area contributed by atoms with Crippen molar-refractivity contribution in [1.82, 2.24) is 0 Å². The molecular weight excluding hydrogens is 300 g/mol. The fraction of sp³-hybridized carbons (Fsp3) is 0.765. The molecule has 2 N–H and O–H groups in total. The monoisotopic (exact) mass is 328 g/mol. The van der Waals surface area contributed by atoms with Crippen LogP contribution in [0.3, 0.4) is 0 Å². The Morgan fingerprint density at radius 1 is 0.826 bits per heavy atom. The molecule has 0 aliphatic rings. The number of hydrogen-bond acceptors (Lipinski definition) is 4. The van der Waals surface area contributed by atoms with Crippen molar-refractivity contribution in [2.75, 3.05) is 0 Å². The summed E-state index contributed by atoms with van der Waals surface area (Å²) >= 11 is 0. The summed E-state index contributed by atoms with van der Waals surface area (Å²) in [6.45, 7) is 2.21. The van der Waals surface area contributed by atoms with E-state index in [-0.39, 0.29) is 0 Å². The second-order valence-electron chi connectivity index (χ2n) is 5.35. The zero-order chi connectivity index (χ0) is 17.3. The molecule has 23 heavy (non-hydrogen) atoms. The summed E-state index contributed by atoms with van der Waals surface area (Å²) in [7, 11) is 0. The molecule has 0 radical (unpaired) electrons. The van der Waals surface area contributed by atoms with Crippen LogP contribution in [0.15, 0.2) is 0 Å². The number of rotatable bonds is 12. The van der Waals surface area contributed by atoms with Gasteiger partial charge in [-0.1, -0.05) is 70.6 Å². The van der Waals surface area contributed by atoms with E-state index >= 15 is 0 Å². The van der Waals surface area contributed by atoms with Gasteiger partial charge in [-0.05, 0) is 12.3 Å². The van der Waals surface area contributed by atoms with Crippen LogP contribution in [0.2, 0.25) is 0 Å². The second-order valence-corrected chi connectivity index (χ2v) is 5.35. The van der Waals surface area contributed by atoms with Crippen LogP contribution < -0.4 is 0 Å². The maximum absolute atomic E-state index is 10.3. The first-order chi connectivity index (χ1) is 11.1. The Balaban J connectivity index is 3.61. The van der Waals surface area contributed by atoms with E-state index in [1.807, 2.05) is 0 Å². The zero-order valence-corrected chi connectivity index (χ0v) is 13.9. The van der Waals surface area contributed by atoms with E-state index in [0.717, 1.165) is 19.3 Å². The molecule has 0 aromatic carbocycles. The number of carbonyl (C=O) groups is 2. The van der Waals surface area contributed by atoms with E-state index in [1.165, 1.54) is 44.9 Å². The molecule has 0 fully saturated rings. The lowest BCUT2D eigenvalue weighted by molar-refractivity contribution is -0.0573. The van der Waals surface area contributed by atoms with Crippen LogP contribution in [0, 0.1) is 11.8 Å². The van der Waals surface area contributed by atoms with Gasteiger partial charge in [-0.25, -0.2) is 9.59 Å². The van der Waals surface area contributed by atoms with Crippen LogP contribution in [0.1, 0.15) is 77.6 Å². The lowest BCUT2D eigenvalue weighted by Crippen LogP contribution is -2.21. The van der Waals surface area contributed by atoms with Crippen LogP contribution >= 0.6 is 0 Å². The Morgan fingerprint density at radius 3 is 1.70 bits per heavy atom. The van der Waals surface area contributed by atoms with Crippen molar-refractivity contribution in [2.24, 2.45) is 0 Å². The summed E-state index contributed by atoms with van der Waals surface area (Å²) < 4.78 is 8.40. The van der Waals surface area contributed by atoms with E-state index in [9.17, 15) is 9.59 Å². The molecule has 0 aromatic rings. The summed E-state index contributed by atoms with van der Waals surface area (Å²) in [5.41, 5.74) is 0. The highest BCUT2D eigenvalue weighted by Crippen LogP contribution is 2.11. The van der Waals surface area contributed by atoms with Gasteiger partial charge < -0.3 is 19.7 Å². The summed E-state index contributed by atoms with van der Waals surface area (Å²) in [6, 6.07) is 0. The predicted molar refractivity (Wildman–Crippen MR) is 86.2 cm³/mol. The zero-order valence-electron chi connectivity index (χ0n) is 13.9. The maximum atomic E-state index is 10.3. The smallest absolute Gasteiger partial charge is 0.450 e. The molecule has 0 heterocycles. The summed E-state index contributed by atoms with van der Waals surface area (Å²) in [5.74, 6) is 5.05. The van der Waals surface area contributed by atoms with Crippen molar-refractivity contribution in [1.29, 1.82) is 0 Å². The van der Waals surface area contributed by atoms with Crippen molar-refractivity contribution in [3.63, 3.8) is 0 Å². The molecule has 0 saturated carbocycles. The fourth-order valence-electron chi connectivity index (χ4n) is 2.12. The van der Waals surface area contributed by atoms with E-state index in [1.54, 1.807) is 0 Å². The van der Waals surface area contributed by atoms with Crippen LogP contribution in [0.25, 0.3) is 0 Å². The molecule has 6 nitrogen and oxygen atoms in total. The highest BCUT2D eigenvalue weighted by atomic mass is 16.8. The van der Waals surface area contributed by atoms with Gasteiger partial charge in [-0.3, -0.25) is 0 Å². The fourth-order valence-corrected chi connectivity index (χ4v) is 2.12. The minimum atomic E-state index is -1.62. The highest BCUT2D eigenvalue weighted by molar-refractivity contribution is 5.60. The van der Waals surface area contributed by atoms with Crippen LogP contribution in [-0.4, -0.2) is 28.8 Å². The molecule has 0 amide bonds. The predicted octanol–water partition coefficient (Wildman–Crippen LogP) is 5.02. The number of ether oxygens (including phenoxy) is 2. The highest BCUT2D eigenvalue weighted by Gasteiger charge is 2.14. The van der Waals surface area contributed by atoms with Gasteiger partial charge in [0.1, 0.15) is 0 Å². The third kappa shape index (κ3) is 16.3.